The summed E-state index contributed by atoms with van der Waals surface area (Å²) in [6.07, 6.45) is 2.56. The highest BCUT2D eigenvalue weighted by atomic mass is 32.1. The van der Waals surface area contributed by atoms with Gasteiger partial charge in [-0.25, -0.2) is 9.78 Å². The second-order valence-electron chi connectivity index (χ2n) is 7.54. The van der Waals surface area contributed by atoms with Gasteiger partial charge in [-0.3, -0.25) is 10.1 Å². The maximum absolute atomic E-state index is 12.6. The van der Waals surface area contributed by atoms with Crippen molar-refractivity contribution < 1.29 is 14.3 Å². The lowest BCUT2D eigenvalue weighted by atomic mass is 10.1. The highest BCUT2D eigenvalue weighted by Crippen LogP contribution is 2.23. The molecule has 170 valence electrons. The van der Waals surface area contributed by atoms with Crippen LogP contribution in [0, 0.1) is 0 Å². The van der Waals surface area contributed by atoms with Crippen molar-refractivity contribution in [3.8, 4) is 17.0 Å². The van der Waals surface area contributed by atoms with E-state index in [0.29, 0.717) is 22.7 Å². The van der Waals surface area contributed by atoms with Gasteiger partial charge in [-0.1, -0.05) is 34.8 Å². The number of nitrogens with zero attached hydrogens (tertiary/aromatic N) is 3. The largest absolute Gasteiger partial charge is 0.417 e. The van der Waals surface area contributed by atoms with Gasteiger partial charge in [0.25, 0.3) is 0 Å². The number of aromatic nitrogens is 3. The predicted molar refractivity (Wildman–Crippen MR) is 137 cm³/mol. The van der Waals surface area contributed by atoms with Crippen LogP contribution in [0.1, 0.15) is 16.1 Å². The topological polar surface area (TPSA) is 94.1 Å². The summed E-state index contributed by atoms with van der Waals surface area (Å²) in [5.41, 5.74) is 4.33. The molecule has 0 aliphatic heterocycles. The zero-order valence-electron chi connectivity index (χ0n) is 18.3. The van der Waals surface area contributed by atoms with Crippen molar-refractivity contribution >= 4 is 46.1 Å². The molecule has 0 aliphatic carbocycles. The molecule has 2 aromatic heterocycles. The molecule has 0 aliphatic rings. The SMILES string of the molecule is O=C(Nc1ccc(C(=O)C=Cc2ccc3cc(-c4csnn4)ccc3n2)cc1)Oc1ccccc1. The summed E-state index contributed by atoms with van der Waals surface area (Å²) in [4.78, 5) is 29.2. The third-order valence-electron chi connectivity index (χ3n) is 5.14. The molecule has 8 heteroatoms. The summed E-state index contributed by atoms with van der Waals surface area (Å²) in [6, 6.07) is 25.1. The molecular formula is C27H18N4O3S. The minimum Gasteiger partial charge on any atom is -0.410 e. The molecule has 35 heavy (non-hydrogen) atoms. The van der Waals surface area contributed by atoms with E-state index in [0.717, 1.165) is 22.2 Å². The van der Waals surface area contributed by atoms with Crippen LogP contribution in [0.15, 0.2) is 96.4 Å². The Bertz CT molecular complexity index is 1520. The maximum atomic E-state index is 12.6. The number of ether oxygens (including phenoxy) is 1. The number of fused-ring (bicyclic) bond motifs is 1. The second-order valence-corrected chi connectivity index (χ2v) is 8.15. The van der Waals surface area contributed by atoms with Crippen LogP contribution in [-0.4, -0.2) is 26.4 Å². The van der Waals surface area contributed by atoms with E-state index in [1.54, 1.807) is 54.6 Å². The molecule has 1 N–H and O–H groups in total. The predicted octanol–water partition coefficient (Wildman–Crippen LogP) is 6.26. The molecule has 0 bridgehead atoms. The molecule has 2 heterocycles. The summed E-state index contributed by atoms with van der Waals surface area (Å²) in [7, 11) is 0. The van der Waals surface area contributed by atoms with E-state index in [4.69, 9.17) is 4.74 Å². The normalized spacial score (nSPS) is 11.0. The van der Waals surface area contributed by atoms with E-state index in [9.17, 15) is 9.59 Å². The van der Waals surface area contributed by atoms with Crippen molar-refractivity contribution in [2.75, 3.05) is 5.32 Å². The number of allylic oxidation sites excluding steroid dienone is 1. The third-order valence-corrected chi connectivity index (χ3v) is 5.65. The van der Waals surface area contributed by atoms with Gasteiger partial charge < -0.3 is 4.74 Å². The lowest BCUT2D eigenvalue weighted by Crippen LogP contribution is -2.16. The maximum Gasteiger partial charge on any atom is 0.417 e. The molecule has 0 atom stereocenters. The van der Waals surface area contributed by atoms with Gasteiger partial charge in [-0.2, -0.15) is 0 Å². The molecule has 0 saturated carbocycles. The number of benzene rings is 3. The van der Waals surface area contributed by atoms with Crippen LogP contribution in [0.5, 0.6) is 5.75 Å². The van der Waals surface area contributed by atoms with Gasteiger partial charge >= 0.3 is 6.09 Å². The first kappa shape index (κ1) is 22.1. The number of carbonyl (C=O) groups is 2. The number of rotatable bonds is 6. The first-order chi connectivity index (χ1) is 17.1. The highest BCUT2D eigenvalue weighted by Gasteiger charge is 2.07. The Balaban J connectivity index is 1.22. The second kappa shape index (κ2) is 10.1. The first-order valence-corrected chi connectivity index (χ1v) is 11.5. The van der Waals surface area contributed by atoms with Gasteiger partial charge in [0, 0.05) is 27.6 Å². The Morgan fingerprint density at radius 3 is 2.51 bits per heavy atom. The number of nitrogens with one attached hydrogen (secondary N) is 1. The summed E-state index contributed by atoms with van der Waals surface area (Å²) in [6.45, 7) is 0. The Labute approximate surface area is 204 Å². The number of pyridine rings is 1. The molecular weight excluding hydrogens is 460 g/mol. The molecule has 0 unspecified atom stereocenters. The average molecular weight is 479 g/mol. The number of para-hydroxylation sites is 1. The minimum atomic E-state index is -0.604. The van der Waals surface area contributed by atoms with Crippen molar-refractivity contribution in [1.29, 1.82) is 0 Å². The Morgan fingerprint density at radius 1 is 0.914 bits per heavy atom. The van der Waals surface area contributed by atoms with Crippen LogP contribution in [0.3, 0.4) is 0 Å². The van der Waals surface area contributed by atoms with E-state index in [-0.39, 0.29) is 5.78 Å². The highest BCUT2D eigenvalue weighted by molar-refractivity contribution is 7.03. The van der Waals surface area contributed by atoms with Crippen LogP contribution in [0.4, 0.5) is 10.5 Å². The number of anilines is 1. The molecule has 3 aromatic carbocycles. The smallest absolute Gasteiger partial charge is 0.410 e. The van der Waals surface area contributed by atoms with Gasteiger partial charge in [0.1, 0.15) is 11.4 Å². The zero-order valence-corrected chi connectivity index (χ0v) is 19.1. The quantitative estimate of drug-likeness (QED) is 0.229. The van der Waals surface area contributed by atoms with Crippen molar-refractivity contribution in [2.45, 2.75) is 0 Å². The third kappa shape index (κ3) is 5.45. The minimum absolute atomic E-state index is 0.170. The Morgan fingerprint density at radius 2 is 1.74 bits per heavy atom. The van der Waals surface area contributed by atoms with Gasteiger partial charge in [0.05, 0.1) is 11.2 Å². The lowest BCUT2D eigenvalue weighted by Gasteiger charge is -2.07. The van der Waals surface area contributed by atoms with Crippen LogP contribution >= 0.6 is 11.5 Å². The molecule has 5 rings (SSSR count). The molecule has 0 radical (unpaired) electrons. The zero-order chi connectivity index (χ0) is 24.0. The van der Waals surface area contributed by atoms with Crippen LogP contribution < -0.4 is 10.1 Å². The lowest BCUT2D eigenvalue weighted by molar-refractivity contribution is 0.104. The number of hydrogen-bond acceptors (Lipinski definition) is 7. The number of amides is 1. The van der Waals surface area contributed by atoms with E-state index in [2.05, 4.69) is 19.9 Å². The average Bonchev–Trinajstić information content (AvgIpc) is 3.43. The fourth-order valence-corrected chi connectivity index (χ4v) is 3.86. The van der Waals surface area contributed by atoms with Crippen molar-refractivity contribution in [2.24, 2.45) is 0 Å². The van der Waals surface area contributed by atoms with Crippen LogP contribution in [0.2, 0.25) is 0 Å². The van der Waals surface area contributed by atoms with Crippen molar-refractivity contribution in [3.05, 3.63) is 108 Å². The van der Waals surface area contributed by atoms with E-state index in [1.165, 1.54) is 17.6 Å². The first-order valence-electron chi connectivity index (χ1n) is 10.7. The fraction of sp³-hybridized carbons (Fsp3) is 0. The van der Waals surface area contributed by atoms with Crippen molar-refractivity contribution in [1.82, 2.24) is 14.6 Å². The van der Waals surface area contributed by atoms with Gasteiger partial charge in [-0.05, 0) is 78.3 Å². The number of hydrogen-bond donors (Lipinski definition) is 1. The molecule has 7 nitrogen and oxygen atoms in total. The molecule has 1 amide bonds. The number of ketones is 1. The van der Waals surface area contributed by atoms with E-state index < -0.39 is 6.09 Å². The van der Waals surface area contributed by atoms with Crippen molar-refractivity contribution in [3.63, 3.8) is 0 Å². The summed E-state index contributed by atoms with van der Waals surface area (Å²) in [5, 5.41) is 9.61. The van der Waals surface area contributed by atoms with Gasteiger partial charge in [-0.15, -0.1) is 5.10 Å². The fourth-order valence-electron chi connectivity index (χ4n) is 3.40. The Hall–Kier alpha value is -4.69. The molecule has 5 aromatic rings. The van der Waals surface area contributed by atoms with Crippen LogP contribution in [-0.2, 0) is 0 Å². The van der Waals surface area contributed by atoms with Gasteiger partial charge in [0.2, 0.25) is 0 Å². The summed E-state index contributed by atoms with van der Waals surface area (Å²) >= 11 is 1.31. The van der Waals surface area contributed by atoms with Gasteiger partial charge in [0.15, 0.2) is 5.78 Å². The molecule has 0 saturated heterocycles. The number of carbonyl (C=O) groups excluding carboxylic acids is 2. The standard InChI is InChI=1S/C27H18N4O3S/c32-26(18-6-10-22(11-7-18)29-27(33)34-23-4-2-1-3-5-23)15-13-21-12-8-19-16-20(9-14-24(19)28-21)25-17-35-31-30-25/h1-17H,(H,29,33). The summed E-state index contributed by atoms with van der Waals surface area (Å²) < 4.78 is 9.10. The monoisotopic (exact) mass is 478 g/mol. The summed E-state index contributed by atoms with van der Waals surface area (Å²) in [5.74, 6) is 0.276. The van der Waals surface area contributed by atoms with E-state index >= 15 is 0 Å². The Kier molecular flexibility index (Phi) is 6.36. The van der Waals surface area contributed by atoms with E-state index in [1.807, 2.05) is 41.8 Å². The van der Waals surface area contributed by atoms with Crippen LogP contribution in [0.25, 0.3) is 28.2 Å². The molecule has 0 fully saturated rings. The molecule has 0 spiro atoms.